The van der Waals surface area contributed by atoms with Crippen LogP contribution in [0.25, 0.3) is 0 Å². The van der Waals surface area contributed by atoms with Crippen LogP contribution in [0, 0.1) is 0 Å². The molecule has 0 aliphatic heterocycles. The maximum atomic E-state index is 12.0. The molecule has 0 aliphatic rings. The number of primary amides is 1. The first kappa shape index (κ1) is 13.9. The van der Waals surface area contributed by atoms with Gasteiger partial charge in [0.2, 0.25) is 5.60 Å². The number of nitrogens with two attached hydrogens (primary N) is 1. The minimum absolute atomic E-state index is 0.137. The second-order valence-electron chi connectivity index (χ2n) is 4.51. The zero-order valence-electron chi connectivity index (χ0n) is 11.2. The average Bonchev–Trinajstić information content (AvgIpc) is 2.47. The molecule has 0 aliphatic carbocycles. The van der Waals surface area contributed by atoms with E-state index >= 15 is 0 Å². The molecule has 20 heavy (non-hydrogen) atoms. The SMILES string of the molecule is CCC(Oc1ccc(O)cc1)(C(N)=O)c1ccccc1. The Labute approximate surface area is 117 Å². The number of benzene rings is 2. The number of aromatic hydroxyl groups is 1. The second-order valence-corrected chi connectivity index (χ2v) is 4.51. The fraction of sp³-hybridized carbons (Fsp3) is 0.188. The Kier molecular flexibility index (Phi) is 3.94. The van der Waals surface area contributed by atoms with E-state index in [1.165, 1.54) is 12.1 Å². The van der Waals surface area contributed by atoms with Crippen molar-refractivity contribution in [2.45, 2.75) is 18.9 Å². The maximum Gasteiger partial charge on any atom is 0.266 e. The van der Waals surface area contributed by atoms with Gasteiger partial charge >= 0.3 is 0 Å². The van der Waals surface area contributed by atoms with Crippen LogP contribution in [0.1, 0.15) is 18.9 Å². The van der Waals surface area contributed by atoms with Crippen molar-refractivity contribution in [3.05, 3.63) is 60.2 Å². The van der Waals surface area contributed by atoms with Gasteiger partial charge < -0.3 is 15.6 Å². The van der Waals surface area contributed by atoms with Gasteiger partial charge in [-0.1, -0.05) is 37.3 Å². The molecule has 1 unspecified atom stereocenters. The predicted octanol–water partition coefficient (Wildman–Crippen LogP) is 2.56. The van der Waals surface area contributed by atoms with Crippen molar-refractivity contribution in [1.29, 1.82) is 0 Å². The number of carbonyl (C=O) groups is 1. The van der Waals surface area contributed by atoms with Gasteiger partial charge in [0.25, 0.3) is 5.91 Å². The van der Waals surface area contributed by atoms with E-state index in [0.29, 0.717) is 17.7 Å². The number of carbonyl (C=O) groups excluding carboxylic acids is 1. The van der Waals surface area contributed by atoms with Crippen LogP contribution in [-0.2, 0) is 10.4 Å². The molecule has 0 bridgehead atoms. The van der Waals surface area contributed by atoms with Crippen LogP contribution in [-0.4, -0.2) is 11.0 Å². The number of phenols is 1. The molecule has 2 aromatic carbocycles. The van der Waals surface area contributed by atoms with E-state index < -0.39 is 11.5 Å². The summed E-state index contributed by atoms with van der Waals surface area (Å²) in [5, 5.41) is 9.29. The van der Waals surface area contributed by atoms with E-state index in [9.17, 15) is 9.90 Å². The van der Waals surface area contributed by atoms with Crippen molar-refractivity contribution >= 4 is 5.91 Å². The summed E-state index contributed by atoms with van der Waals surface area (Å²) in [7, 11) is 0. The average molecular weight is 271 g/mol. The summed E-state index contributed by atoms with van der Waals surface area (Å²) in [5.41, 5.74) is 5.08. The molecule has 1 amide bonds. The van der Waals surface area contributed by atoms with Crippen LogP contribution < -0.4 is 10.5 Å². The summed E-state index contributed by atoms with van der Waals surface area (Å²) in [6, 6.07) is 15.4. The van der Waals surface area contributed by atoms with Crippen LogP contribution in [0.4, 0.5) is 0 Å². The van der Waals surface area contributed by atoms with E-state index in [0.717, 1.165) is 0 Å². The van der Waals surface area contributed by atoms with Crippen LogP contribution in [0.15, 0.2) is 54.6 Å². The molecule has 0 aromatic heterocycles. The van der Waals surface area contributed by atoms with Gasteiger partial charge in [-0.05, 0) is 30.7 Å². The summed E-state index contributed by atoms with van der Waals surface area (Å²) < 4.78 is 5.87. The highest BCUT2D eigenvalue weighted by Crippen LogP contribution is 2.32. The molecule has 4 heteroatoms. The van der Waals surface area contributed by atoms with Crippen molar-refractivity contribution in [3.63, 3.8) is 0 Å². The predicted molar refractivity (Wildman–Crippen MR) is 76.3 cm³/mol. The van der Waals surface area contributed by atoms with Crippen molar-refractivity contribution in [2.75, 3.05) is 0 Å². The highest BCUT2D eigenvalue weighted by molar-refractivity contribution is 5.85. The highest BCUT2D eigenvalue weighted by atomic mass is 16.5. The van der Waals surface area contributed by atoms with Gasteiger partial charge in [0.1, 0.15) is 11.5 Å². The second kappa shape index (κ2) is 5.65. The van der Waals surface area contributed by atoms with E-state index in [1.807, 2.05) is 37.3 Å². The van der Waals surface area contributed by atoms with Gasteiger partial charge in [0.15, 0.2) is 0 Å². The molecule has 2 rings (SSSR count). The Balaban J connectivity index is 2.42. The van der Waals surface area contributed by atoms with Gasteiger partial charge in [0, 0.05) is 5.56 Å². The summed E-state index contributed by atoms with van der Waals surface area (Å²) in [6.07, 6.45) is 0.410. The standard InChI is InChI=1S/C16H17NO3/c1-2-16(15(17)19,12-6-4-3-5-7-12)20-14-10-8-13(18)9-11-14/h3-11,18H,2H2,1H3,(H2,17,19). The molecule has 1 atom stereocenters. The summed E-state index contributed by atoms with van der Waals surface area (Å²) >= 11 is 0. The fourth-order valence-corrected chi connectivity index (χ4v) is 2.12. The highest BCUT2D eigenvalue weighted by Gasteiger charge is 2.39. The van der Waals surface area contributed by atoms with E-state index in [2.05, 4.69) is 0 Å². The minimum Gasteiger partial charge on any atom is -0.508 e. The summed E-state index contributed by atoms with van der Waals surface area (Å²) in [5.74, 6) is 0.0739. The summed E-state index contributed by atoms with van der Waals surface area (Å²) in [6.45, 7) is 1.85. The lowest BCUT2D eigenvalue weighted by atomic mass is 9.90. The third-order valence-corrected chi connectivity index (χ3v) is 3.26. The lowest BCUT2D eigenvalue weighted by Gasteiger charge is -2.31. The molecule has 104 valence electrons. The van der Waals surface area contributed by atoms with E-state index in [-0.39, 0.29) is 5.75 Å². The topological polar surface area (TPSA) is 72.6 Å². The number of hydrogen-bond donors (Lipinski definition) is 2. The van der Waals surface area contributed by atoms with Crippen LogP contribution >= 0.6 is 0 Å². The monoisotopic (exact) mass is 271 g/mol. The molecule has 0 radical (unpaired) electrons. The summed E-state index contributed by atoms with van der Waals surface area (Å²) in [4.78, 5) is 12.0. The Hall–Kier alpha value is -2.49. The first-order valence-corrected chi connectivity index (χ1v) is 6.42. The van der Waals surface area contributed by atoms with Gasteiger partial charge in [-0.2, -0.15) is 0 Å². The molecule has 3 N–H and O–H groups in total. The Morgan fingerprint density at radius 1 is 1.15 bits per heavy atom. The van der Waals surface area contributed by atoms with Gasteiger partial charge in [-0.25, -0.2) is 0 Å². The Morgan fingerprint density at radius 2 is 1.75 bits per heavy atom. The number of rotatable bonds is 5. The third-order valence-electron chi connectivity index (χ3n) is 3.26. The molecule has 0 fully saturated rings. The number of amides is 1. The number of ether oxygens (including phenoxy) is 1. The van der Waals surface area contributed by atoms with Crippen LogP contribution in [0.2, 0.25) is 0 Å². The van der Waals surface area contributed by atoms with Crippen LogP contribution in [0.3, 0.4) is 0 Å². The molecule has 0 saturated carbocycles. The normalized spacial score (nSPS) is 13.4. The lowest BCUT2D eigenvalue weighted by Crippen LogP contribution is -2.45. The molecule has 0 spiro atoms. The Bertz CT molecular complexity index is 580. The largest absolute Gasteiger partial charge is 0.508 e. The third kappa shape index (κ3) is 2.59. The maximum absolute atomic E-state index is 12.0. The van der Waals surface area contributed by atoms with Gasteiger partial charge in [0.05, 0.1) is 0 Å². The molecule has 0 heterocycles. The minimum atomic E-state index is -1.21. The van der Waals surface area contributed by atoms with E-state index in [4.69, 9.17) is 10.5 Å². The van der Waals surface area contributed by atoms with Gasteiger partial charge in [-0.3, -0.25) is 4.79 Å². The van der Waals surface area contributed by atoms with Crippen molar-refractivity contribution in [3.8, 4) is 11.5 Å². The molecule has 2 aromatic rings. The smallest absolute Gasteiger partial charge is 0.266 e. The zero-order valence-corrected chi connectivity index (χ0v) is 11.2. The van der Waals surface area contributed by atoms with Crippen molar-refractivity contribution in [2.24, 2.45) is 5.73 Å². The van der Waals surface area contributed by atoms with Crippen molar-refractivity contribution < 1.29 is 14.6 Å². The number of phenolic OH excluding ortho intramolecular Hbond substituents is 1. The molecule has 4 nitrogen and oxygen atoms in total. The van der Waals surface area contributed by atoms with Crippen LogP contribution in [0.5, 0.6) is 11.5 Å². The first-order valence-electron chi connectivity index (χ1n) is 6.42. The molecular weight excluding hydrogens is 254 g/mol. The van der Waals surface area contributed by atoms with Gasteiger partial charge in [-0.15, -0.1) is 0 Å². The Morgan fingerprint density at radius 3 is 2.25 bits per heavy atom. The fourth-order valence-electron chi connectivity index (χ4n) is 2.12. The molecular formula is C16H17NO3. The lowest BCUT2D eigenvalue weighted by molar-refractivity contribution is -0.134. The first-order chi connectivity index (χ1) is 9.58. The van der Waals surface area contributed by atoms with E-state index in [1.54, 1.807) is 12.1 Å². The number of hydrogen-bond acceptors (Lipinski definition) is 3. The quantitative estimate of drug-likeness (QED) is 0.877. The zero-order chi connectivity index (χ0) is 14.6. The van der Waals surface area contributed by atoms with Crippen molar-refractivity contribution in [1.82, 2.24) is 0 Å². The molecule has 0 saturated heterocycles.